The number of H-pyrrole nitrogens is 1. The number of carbonyl (C=O) groups excluding carboxylic acids is 1. The molecule has 2 heterocycles. The zero-order valence-corrected chi connectivity index (χ0v) is 14.7. The van der Waals surface area contributed by atoms with Gasteiger partial charge in [-0.2, -0.15) is 11.3 Å². The molecule has 1 aromatic carbocycles. The monoisotopic (exact) mass is 342 g/mol. The Hall–Kier alpha value is -2.11. The number of carbonyl (C=O) groups is 1. The van der Waals surface area contributed by atoms with Crippen molar-refractivity contribution >= 4 is 28.1 Å². The lowest BCUT2D eigenvalue weighted by molar-refractivity contribution is -0.121. The molecular weight excluding hydrogens is 320 g/mol. The summed E-state index contributed by atoms with van der Waals surface area (Å²) in [5, 5.41) is 18.2. The summed E-state index contributed by atoms with van der Waals surface area (Å²) in [5.74, 6) is -0.0895. The van der Waals surface area contributed by atoms with Gasteiger partial charge in [0.2, 0.25) is 5.91 Å². The Morgan fingerprint density at radius 2 is 2.17 bits per heavy atom. The molecule has 0 saturated heterocycles. The van der Waals surface area contributed by atoms with E-state index in [-0.39, 0.29) is 12.5 Å². The van der Waals surface area contributed by atoms with Crippen LogP contribution in [0, 0.1) is 0 Å². The molecule has 0 fully saturated rings. The largest absolute Gasteiger partial charge is 0.384 e. The molecule has 1 amide bonds. The van der Waals surface area contributed by atoms with Gasteiger partial charge in [0.05, 0.1) is 13.0 Å². The molecule has 0 radical (unpaired) electrons. The van der Waals surface area contributed by atoms with Gasteiger partial charge in [0.1, 0.15) is 5.60 Å². The van der Waals surface area contributed by atoms with E-state index in [1.165, 1.54) is 16.9 Å². The second-order valence-electron chi connectivity index (χ2n) is 6.25. The summed E-state index contributed by atoms with van der Waals surface area (Å²) < 4.78 is 0. The maximum atomic E-state index is 12.3. The highest BCUT2D eigenvalue weighted by Gasteiger charge is 2.24. The first kappa shape index (κ1) is 16.7. The van der Waals surface area contributed by atoms with E-state index in [9.17, 15) is 9.90 Å². The normalized spacial score (nSPS) is 13.8. The molecule has 0 aliphatic heterocycles. The van der Waals surface area contributed by atoms with Gasteiger partial charge in [-0.05, 0) is 46.9 Å². The third kappa shape index (κ3) is 3.37. The number of benzene rings is 1. The number of nitrogens with one attached hydrogen (secondary N) is 2. The zero-order chi connectivity index (χ0) is 17.2. The van der Waals surface area contributed by atoms with E-state index < -0.39 is 5.60 Å². The van der Waals surface area contributed by atoms with Gasteiger partial charge >= 0.3 is 0 Å². The molecule has 0 bridgehead atoms. The van der Waals surface area contributed by atoms with Crippen LogP contribution in [0.3, 0.4) is 0 Å². The summed E-state index contributed by atoms with van der Waals surface area (Å²) in [6, 6.07) is 8.04. The molecular formula is C19H22N2O2S. The SMILES string of the molecule is CCc1cccc2c(CC(=O)NCC(C)(O)c3ccsc3)c[nH]c12. The first-order valence-corrected chi connectivity index (χ1v) is 9.05. The van der Waals surface area contributed by atoms with Crippen LogP contribution in [0.15, 0.2) is 41.2 Å². The smallest absolute Gasteiger partial charge is 0.224 e. The number of aryl methyl sites for hydroxylation is 1. The van der Waals surface area contributed by atoms with E-state index in [2.05, 4.69) is 23.3 Å². The summed E-state index contributed by atoms with van der Waals surface area (Å²) in [7, 11) is 0. The highest BCUT2D eigenvalue weighted by Crippen LogP contribution is 2.24. The van der Waals surface area contributed by atoms with Gasteiger partial charge in [-0.15, -0.1) is 0 Å². The van der Waals surface area contributed by atoms with Crippen LogP contribution in [-0.2, 0) is 23.2 Å². The Morgan fingerprint density at radius 1 is 1.33 bits per heavy atom. The first-order chi connectivity index (χ1) is 11.5. The summed E-state index contributed by atoms with van der Waals surface area (Å²) in [5.41, 5.74) is 3.11. The van der Waals surface area contributed by atoms with Gasteiger partial charge in [0, 0.05) is 17.1 Å². The number of hydrogen-bond donors (Lipinski definition) is 3. The molecule has 0 aliphatic rings. The van der Waals surface area contributed by atoms with E-state index in [0.29, 0.717) is 6.42 Å². The fourth-order valence-corrected chi connectivity index (χ4v) is 3.68. The number of hydrogen-bond acceptors (Lipinski definition) is 3. The molecule has 3 N–H and O–H groups in total. The highest BCUT2D eigenvalue weighted by atomic mass is 32.1. The molecule has 24 heavy (non-hydrogen) atoms. The van der Waals surface area contributed by atoms with Crippen LogP contribution in [-0.4, -0.2) is 22.5 Å². The van der Waals surface area contributed by atoms with Crippen molar-refractivity contribution < 1.29 is 9.90 Å². The van der Waals surface area contributed by atoms with Crippen molar-refractivity contribution in [1.82, 2.24) is 10.3 Å². The molecule has 0 spiro atoms. The van der Waals surface area contributed by atoms with E-state index in [4.69, 9.17) is 0 Å². The maximum absolute atomic E-state index is 12.3. The Kier molecular flexibility index (Phi) is 4.73. The Morgan fingerprint density at radius 3 is 2.88 bits per heavy atom. The number of aliphatic hydroxyl groups is 1. The molecule has 3 aromatic rings. The van der Waals surface area contributed by atoms with Crippen LogP contribution in [0.1, 0.15) is 30.5 Å². The van der Waals surface area contributed by atoms with Crippen molar-refractivity contribution in [2.45, 2.75) is 32.3 Å². The van der Waals surface area contributed by atoms with Crippen molar-refractivity contribution in [3.05, 3.63) is 57.9 Å². The Bertz CT molecular complexity index is 834. The average molecular weight is 342 g/mol. The van der Waals surface area contributed by atoms with Crippen LogP contribution < -0.4 is 5.32 Å². The standard InChI is InChI=1S/C19H22N2O2S/c1-3-13-5-4-6-16-14(10-20-18(13)16)9-17(22)21-12-19(2,23)15-7-8-24-11-15/h4-8,10-11,20,23H,3,9,12H2,1-2H3,(H,21,22). The Labute approximate surface area is 145 Å². The maximum Gasteiger partial charge on any atom is 0.224 e. The number of rotatable bonds is 6. The molecule has 2 aromatic heterocycles. The number of aromatic nitrogens is 1. The summed E-state index contributed by atoms with van der Waals surface area (Å²) in [6.07, 6.45) is 3.15. The van der Waals surface area contributed by atoms with Gasteiger partial charge in [0.15, 0.2) is 0 Å². The number of amides is 1. The summed E-state index contributed by atoms with van der Waals surface area (Å²) >= 11 is 1.53. The average Bonchev–Trinajstić information content (AvgIpc) is 3.23. The lowest BCUT2D eigenvalue weighted by Crippen LogP contribution is -2.39. The van der Waals surface area contributed by atoms with Crippen LogP contribution in [0.25, 0.3) is 10.9 Å². The lowest BCUT2D eigenvalue weighted by Gasteiger charge is -2.22. The van der Waals surface area contributed by atoms with Crippen molar-refractivity contribution in [3.63, 3.8) is 0 Å². The summed E-state index contributed by atoms with van der Waals surface area (Å²) in [4.78, 5) is 15.6. The van der Waals surface area contributed by atoms with E-state index in [1.807, 2.05) is 35.2 Å². The number of aromatic amines is 1. The fraction of sp³-hybridized carbons (Fsp3) is 0.316. The molecule has 1 atom stereocenters. The van der Waals surface area contributed by atoms with Gasteiger partial charge in [0.25, 0.3) is 0 Å². The summed E-state index contributed by atoms with van der Waals surface area (Å²) in [6.45, 7) is 4.04. The molecule has 0 saturated carbocycles. The van der Waals surface area contributed by atoms with Gasteiger partial charge in [-0.3, -0.25) is 4.79 Å². The minimum absolute atomic E-state index is 0.0895. The predicted octanol–water partition coefficient (Wildman–Crippen LogP) is 3.36. The molecule has 4 nitrogen and oxygen atoms in total. The third-order valence-corrected chi connectivity index (χ3v) is 5.08. The van der Waals surface area contributed by atoms with E-state index >= 15 is 0 Å². The third-order valence-electron chi connectivity index (χ3n) is 4.39. The predicted molar refractivity (Wildman–Crippen MR) is 98.3 cm³/mol. The molecule has 1 unspecified atom stereocenters. The van der Waals surface area contributed by atoms with Crippen LogP contribution in [0.4, 0.5) is 0 Å². The van der Waals surface area contributed by atoms with Crippen molar-refractivity contribution in [3.8, 4) is 0 Å². The number of para-hydroxylation sites is 1. The van der Waals surface area contributed by atoms with Gasteiger partial charge in [-0.25, -0.2) is 0 Å². The van der Waals surface area contributed by atoms with E-state index in [1.54, 1.807) is 6.92 Å². The number of fused-ring (bicyclic) bond motifs is 1. The fourth-order valence-electron chi connectivity index (χ4n) is 2.90. The van der Waals surface area contributed by atoms with Crippen molar-refractivity contribution in [1.29, 1.82) is 0 Å². The van der Waals surface area contributed by atoms with Gasteiger partial charge in [-0.1, -0.05) is 25.1 Å². The molecule has 0 aliphatic carbocycles. The van der Waals surface area contributed by atoms with Gasteiger partial charge < -0.3 is 15.4 Å². The number of thiophene rings is 1. The molecule has 3 rings (SSSR count). The highest BCUT2D eigenvalue weighted by molar-refractivity contribution is 7.08. The zero-order valence-electron chi connectivity index (χ0n) is 13.9. The van der Waals surface area contributed by atoms with E-state index in [0.717, 1.165) is 28.5 Å². The van der Waals surface area contributed by atoms with Crippen molar-refractivity contribution in [2.24, 2.45) is 0 Å². The second kappa shape index (κ2) is 6.79. The first-order valence-electron chi connectivity index (χ1n) is 8.11. The van der Waals surface area contributed by atoms with Crippen LogP contribution in [0.5, 0.6) is 0 Å². The van der Waals surface area contributed by atoms with Crippen LogP contribution >= 0.6 is 11.3 Å². The van der Waals surface area contributed by atoms with Crippen molar-refractivity contribution in [2.75, 3.05) is 6.54 Å². The van der Waals surface area contributed by atoms with Crippen LogP contribution in [0.2, 0.25) is 0 Å². The topological polar surface area (TPSA) is 65.1 Å². The minimum atomic E-state index is -1.05. The Balaban J connectivity index is 1.67. The molecule has 5 heteroatoms. The lowest BCUT2D eigenvalue weighted by atomic mass is 9.99. The minimum Gasteiger partial charge on any atom is -0.384 e. The quantitative estimate of drug-likeness (QED) is 0.643. The second-order valence-corrected chi connectivity index (χ2v) is 7.03. The molecule has 126 valence electrons.